The fourth-order valence-electron chi connectivity index (χ4n) is 3.69. The Morgan fingerprint density at radius 1 is 1.33 bits per heavy atom. The SMILES string of the molecule is Cc1sc2ncn(CCC(=O)N3CCCc4c(N)cccc43)c(=O)c2c1C. The van der Waals surface area contributed by atoms with Crippen molar-refractivity contribution in [1.29, 1.82) is 0 Å². The van der Waals surface area contributed by atoms with Crippen molar-refractivity contribution in [3.05, 3.63) is 50.9 Å². The lowest BCUT2D eigenvalue weighted by Crippen LogP contribution is -2.36. The highest BCUT2D eigenvalue weighted by Crippen LogP contribution is 2.31. The Kier molecular flexibility index (Phi) is 4.47. The number of aryl methyl sites for hydroxylation is 3. The number of fused-ring (bicyclic) bond motifs is 2. The maximum Gasteiger partial charge on any atom is 0.262 e. The molecule has 2 aromatic heterocycles. The van der Waals surface area contributed by atoms with Crippen molar-refractivity contribution in [2.75, 3.05) is 17.2 Å². The first-order valence-corrected chi connectivity index (χ1v) is 9.92. The molecule has 0 aliphatic carbocycles. The number of thiophene rings is 1. The topological polar surface area (TPSA) is 81.2 Å². The maximum atomic E-state index is 12.8. The molecule has 1 aromatic carbocycles. The van der Waals surface area contributed by atoms with Crippen molar-refractivity contribution in [3.8, 4) is 0 Å². The standard InChI is InChI=1S/C20H22N4O2S/c1-12-13(2)27-19-18(12)20(26)23(11-22-19)10-8-17(25)24-9-4-5-14-15(21)6-3-7-16(14)24/h3,6-7,11H,4-5,8-10,21H2,1-2H3. The van der Waals surface area contributed by atoms with Crippen molar-refractivity contribution in [1.82, 2.24) is 9.55 Å². The average molecular weight is 382 g/mol. The van der Waals surface area contributed by atoms with Gasteiger partial charge in [0.25, 0.3) is 5.56 Å². The van der Waals surface area contributed by atoms with Gasteiger partial charge in [0.15, 0.2) is 0 Å². The zero-order valence-corrected chi connectivity index (χ0v) is 16.3. The van der Waals surface area contributed by atoms with Crippen LogP contribution in [0.15, 0.2) is 29.3 Å². The minimum atomic E-state index is -0.0714. The van der Waals surface area contributed by atoms with Crippen LogP contribution in [-0.4, -0.2) is 22.0 Å². The third-order valence-corrected chi connectivity index (χ3v) is 6.43. The van der Waals surface area contributed by atoms with Crippen LogP contribution >= 0.6 is 11.3 Å². The van der Waals surface area contributed by atoms with E-state index in [1.807, 2.05) is 32.0 Å². The van der Waals surface area contributed by atoms with Crippen LogP contribution in [0.5, 0.6) is 0 Å². The average Bonchev–Trinajstić information content (AvgIpc) is 2.95. The molecule has 1 amide bonds. The summed E-state index contributed by atoms with van der Waals surface area (Å²) in [4.78, 5) is 33.7. The summed E-state index contributed by atoms with van der Waals surface area (Å²) in [7, 11) is 0. The Balaban J connectivity index is 1.57. The van der Waals surface area contributed by atoms with Crippen LogP contribution in [0.25, 0.3) is 10.2 Å². The number of nitrogens with two attached hydrogens (primary N) is 1. The Bertz CT molecular complexity index is 1100. The lowest BCUT2D eigenvalue weighted by molar-refractivity contribution is -0.118. The minimum absolute atomic E-state index is 0.00627. The van der Waals surface area contributed by atoms with Crippen molar-refractivity contribution >= 4 is 38.8 Å². The number of hydrogen-bond acceptors (Lipinski definition) is 5. The number of nitrogens with zero attached hydrogens (tertiary/aromatic N) is 3. The summed E-state index contributed by atoms with van der Waals surface area (Å²) in [5.41, 5.74) is 9.65. The van der Waals surface area contributed by atoms with Crippen LogP contribution in [0.2, 0.25) is 0 Å². The molecule has 1 aliphatic heterocycles. The van der Waals surface area contributed by atoms with E-state index < -0.39 is 0 Å². The summed E-state index contributed by atoms with van der Waals surface area (Å²) in [6.45, 7) is 4.95. The van der Waals surface area contributed by atoms with E-state index >= 15 is 0 Å². The highest BCUT2D eigenvalue weighted by atomic mass is 32.1. The van der Waals surface area contributed by atoms with E-state index in [9.17, 15) is 9.59 Å². The van der Waals surface area contributed by atoms with Crippen LogP contribution in [0.4, 0.5) is 11.4 Å². The summed E-state index contributed by atoms with van der Waals surface area (Å²) in [5.74, 6) is 0.00627. The number of aromatic nitrogens is 2. The molecule has 3 heterocycles. The molecule has 140 valence electrons. The first-order valence-electron chi connectivity index (χ1n) is 9.10. The zero-order chi connectivity index (χ0) is 19.1. The summed E-state index contributed by atoms with van der Waals surface area (Å²) >= 11 is 1.53. The van der Waals surface area contributed by atoms with Gasteiger partial charge in [-0.2, -0.15) is 0 Å². The first-order chi connectivity index (χ1) is 13.0. The fraction of sp³-hybridized carbons (Fsp3) is 0.350. The molecule has 4 rings (SSSR count). The number of carbonyl (C=O) groups is 1. The van der Waals surface area contributed by atoms with Gasteiger partial charge in [0, 0.05) is 35.8 Å². The van der Waals surface area contributed by atoms with E-state index in [0.717, 1.165) is 45.1 Å². The normalized spacial score (nSPS) is 13.8. The van der Waals surface area contributed by atoms with E-state index in [0.29, 0.717) is 18.5 Å². The molecule has 0 saturated carbocycles. The van der Waals surface area contributed by atoms with Crippen LogP contribution in [0.3, 0.4) is 0 Å². The molecular formula is C20H22N4O2S. The second-order valence-electron chi connectivity index (χ2n) is 6.95. The van der Waals surface area contributed by atoms with Crippen molar-refractivity contribution in [2.24, 2.45) is 0 Å². The summed E-state index contributed by atoms with van der Waals surface area (Å²) in [5, 5.41) is 0.670. The molecule has 0 spiro atoms. The van der Waals surface area contributed by atoms with E-state index in [2.05, 4.69) is 4.98 Å². The number of benzene rings is 1. The molecule has 0 bridgehead atoms. The molecule has 3 aromatic rings. The molecule has 7 heteroatoms. The number of nitrogen functional groups attached to an aromatic ring is 1. The molecule has 0 saturated heterocycles. The van der Waals surface area contributed by atoms with Gasteiger partial charge in [-0.05, 0) is 49.9 Å². The van der Waals surface area contributed by atoms with Gasteiger partial charge < -0.3 is 10.6 Å². The van der Waals surface area contributed by atoms with Crippen molar-refractivity contribution < 1.29 is 4.79 Å². The predicted molar refractivity (Wildman–Crippen MR) is 109 cm³/mol. The van der Waals surface area contributed by atoms with Crippen LogP contribution in [-0.2, 0) is 17.8 Å². The molecule has 27 heavy (non-hydrogen) atoms. The molecule has 1 aliphatic rings. The second kappa shape index (κ2) is 6.81. The lowest BCUT2D eigenvalue weighted by Gasteiger charge is -2.30. The van der Waals surface area contributed by atoms with Crippen LogP contribution in [0, 0.1) is 13.8 Å². The molecule has 6 nitrogen and oxygen atoms in total. The lowest BCUT2D eigenvalue weighted by atomic mass is 9.99. The largest absolute Gasteiger partial charge is 0.398 e. The van der Waals surface area contributed by atoms with E-state index in [1.54, 1.807) is 15.8 Å². The van der Waals surface area contributed by atoms with Gasteiger partial charge in [-0.1, -0.05) is 6.07 Å². The highest BCUT2D eigenvalue weighted by Gasteiger charge is 2.23. The molecule has 0 atom stereocenters. The number of rotatable bonds is 3. The van der Waals surface area contributed by atoms with Crippen LogP contribution in [0.1, 0.15) is 28.8 Å². The maximum absolute atomic E-state index is 12.8. The van der Waals surface area contributed by atoms with Gasteiger partial charge in [-0.3, -0.25) is 14.2 Å². The van der Waals surface area contributed by atoms with Gasteiger partial charge >= 0.3 is 0 Å². The first kappa shape index (κ1) is 17.7. The van der Waals surface area contributed by atoms with Crippen molar-refractivity contribution in [3.63, 3.8) is 0 Å². The quantitative estimate of drug-likeness (QED) is 0.706. The Hall–Kier alpha value is -2.67. The predicted octanol–water partition coefficient (Wildman–Crippen LogP) is 3.03. The highest BCUT2D eigenvalue weighted by molar-refractivity contribution is 7.18. The van der Waals surface area contributed by atoms with E-state index in [1.165, 1.54) is 11.3 Å². The van der Waals surface area contributed by atoms with E-state index in [-0.39, 0.29) is 17.9 Å². The van der Waals surface area contributed by atoms with Gasteiger partial charge in [0.2, 0.25) is 5.91 Å². The molecular weight excluding hydrogens is 360 g/mol. The van der Waals surface area contributed by atoms with Gasteiger partial charge in [0.1, 0.15) is 4.83 Å². The number of hydrogen-bond donors (Lipinski definition) is 1. The fourth-order valence-corrected chi connectivity index (χ4v) is 4.68. The monoisotopic (exact) mass is 382 g/mol. The minimum Gasteiger partial charge on any atom is -0.398 e. The zero-order valence-electron chi connectivity index (χ0n) is 15.5. The Morgan fingerprint density at radius 3 is 2.96 bits per heavy atom. The second-order valence-corrected chi connectivity index (χ2v) is 8.15. The van der Waals surface area contributed by atoms with Crippen molar-refractivity contribution in [2.45, 2.75) is 39.7 Å². The molecule has 0 unspecified atom stereocenters. The van der Waals surface area contributed by atoms with Gasteiger partial charge in [0.05, 0.1) is 11.7 Å². The third kappa shape index (κ3) is 3.02. The number of anilines is 2. The molecule has 0 fully saturated rings. The summed E-state index contributed by atoms with van der Waals surface area (Å²) < 4.78 is 1.55. The van der Waals surface area contributed by atoms with Crippen LogP contribution < -0.4 is 16.2 Å². The Morgan fingerprint density at radius 2 is 2.15 bits per heavy atom. The number of amides is 1. The summed E-state index contributed by atoms with van der Waals surface area (Å²) in [6.07, 6.45) is 3.59. The summed E-state index contributed by atoms with van der Waals surface area (Å²) in [6, 6.07) is 5.70. The third-order valence-electron chi connectivity index (χ3n) is 5.31. The van der Waals surface area contributed by atoms with Gasteiger partial charge in [-0.25, -0.2) is 4.98 Å². The number of carbonyl (C=O) groups excluding carboxylic acids is 1. The van der Waals surface area contributed by atoms with Gasteiger partial charge in [-0.15, -0.1) is 11.3 Å². The molecule has 0 radical (unpaired) electrons. The Labute approximate surface area is 161 Å². The molecule has 2 N–H and O–H groups in total. The smallest absolute Gasteiger partial charge is 0.262 e. The van der Waals surface area contributed by atoms with E-state index in [4.69, 9.17) is 5.73 Å².